The molecule has 0 amide bonds. The molecule has 0 spiro atoms. The third kappa shape index (κ3) is 14.3. The summed E-state index contributed by atoms with van der Waals surface area (Å²) in [7, 11) is 8.23. The maximum absolute atomic E-state index is 2.17. The summed E-state index contributed by atoms with van der Waals surface area (Å²) < 4.78 is 0. The Morgan fingerprint density at radius 3 is 0.579 bits per heavy atom. The van der Waals surface area contributed by atoms with Gasteiger partial charge in [-0.15, -0.1) is 0 Å². The van der Waals surface area contributed by atoms with Gasteiger partial charge in [-0.2, -0.15) is 0 Å². The Labute approximate surface area is 231 Å². The van der Waals surface area contributed by atoms with Crippen LogP contribution in [-0.4, -0.2) is 28.2 Å². The lowest BCUT2D eigenvalue weighted by molar-refractivity contribution is 1.13. The van der Waals surface area contributed by atoms with E-state index in [-0.39, 0.29) is 0 Å². The van der Waals surface area contributed by atoms with Crippen LogP contribution in [0.15, 0.2) is 158 Å². The molecule has 0 unspecified atom stereocenters. The van der Waals surface area contributed by atoms with E-state index in [1.807, 2.05) is 123 Å². The van der Waals surface area contributed by atoms with Gasteiger partial charge in [0.05, 0.1) is 0 Å². The lowest BCUT2D eigenvalue weighted by Crippen LogP contribution is -2.08. The largest absolute Gasteiger partial charge is 0.378 e. The van der Waals surface area contributed by atoms with Gasteiger partial charge in [-0.1, -0.05) is 147 Å². The van der Waals surface area contributed by atoms with Crippen molar-refractivity contribution in [1.82, 2.24) is 0 Å². The molecule has 0 N–H and O–H groups in total. The highest BCUT2D eigenvalue weighted by Gasteiger charge is 2.00. The number of hydrogen-bond acceptors (Lipinski definition) is 2. The van der Waals surface area contributed by atoms with E-state index in [4.69, 9.17) is 0 Å². The predicted octanol–water partition coefficient (Wildman–Crippen LogP) is 9.57. The third-order valence-corrected chi connectivity index (χ3v) is 5.10. The van der Waals surface area contributed by atoms with E-state index in [9.17, 15) is 0 Å². The fourth-order valence-electron chi connectivity index (χ4n) is 3.06. The summed E-state index contributed by atoms with van der Waals surface area (Å²) in [5.41, 5.74) is 4.96. The van der Waals surface area contributed by atoms with Crippen LogP contribution in [0.2, 0.25) is 0 Å². The van der Waals surface area contributed by atoms with Gasteiger partial charge < -0.3 is 9.80 Å². The van der Waals surface area contributed by atoms with Crippen molar-refractivity contribution in [2.24, 2.45) is 0 Å². The molecule has 0 bridgehead atoms. The van der Waals surface area contributed by atoms with Gasteiger partial charge in [0, 0.05) is 39.6 Å². The summed E-state index contributed by atoms with van der Waals surface area (Å²) in [6.07, 6.45) is 0. The van der Waals surface area contributed by atoms with Crippen LogP contribution in [0, 0.1) is 0 Å². The molecule has 38 heavy (non-hydrogen) atoms. The summed E-state index contributed by atoms with van der Waals surface area (Å²) >= 11 is 0. The summed E-state index contributed by atoms with van der Waals surface area (Å²) in [4.78, 5) is 4.22. The van der Waals surface area contributed by atoms with Crippen LogP contribution < -0.4 is 9.80 Å². The SMILES string of the molecule is CC.CN(C)c1ccc(-c2ccc(N(C)C)cc2)cc1.c1ccccc1.c1ccccc1.c1ccccc1. The highest BCUT2D eigenvalue weighted by Crippen LogP contribution is 2.24. The van der Waals surface area contributed by atoms with Crippen molar-refractivity contribution in [3.8, 4) is 11.1 Å². The molecule has 2 heteroatoms. The number of benzene rings is 5. The number of nitrogens with zero attached hydrogens (tertiary/aromatic N) is 2. The summed E-state index contributed by atoms with van der Waals surface area (Å²) in [5, 5.41) is 0. The highest BCUT2D eigenvalue weighted by molar-refractivity contribution is 5.68. The predicted molar refractivity (Wildman–Crippen MR) is 171 cm³/mol. The van der Waals surface area contributed by atoms with Crippen LogP contribution in [0.4, 0.5) is 11.4 Å². The maximum atomic E-state index is 2.17. The standard InChI is InChI=1S/C16H20N2.3C6H6.C2H6/c1-17(2)15-9-5-13(6-10-15)14-7-11-16(12-8-14)18(3)4;3*1-2-4-6-5-3-1;1-2/h5-12H,1-4H3;3*1-6H;1-2H3. The van der Waals surface area contributed by atoms with Gasteiger partial charge in [-0.3, -0.25) is 0 Å². The van der Waals surface area contributed by atoms with Crippen molar-refractivity contribution in [1.29, 1.82) is 0 Å². The second-order valence-electron chi connectivity index (χ2n) is 8.35. The highest BCUT2D eigenvalue weighted by atomic mass is 15.1. The van der Waals surface area contributed by atoms with Gasteiger partial charge in [0.1, 0.15) is 0 Å². The molecule has 0 fully saturated rings. The van der Waals surface area contributed by atoms with Crippen LogP contribution in [-0.2, 0) is 0 Å². The number of rotatable bonds is 3. The van der Waals surface area contributed by atoms with Crippen molar-refractivity contribution in [3.05, 3.63) is 158 Å². The smallest absolute Gasteiger partial charge is 0.0361 e. The molecule has 0 aliphatic heterocycles. The first kappa shape index (κ1) is 31.7. The lowest BCUT2D eigenvalue weighted by Gasteiger charge is -2.14. The molecule has 0 saturated heterocycles. The molecule has 5 aromatic carbocycles. The minimum atomic E-state index is 1.23. The lowest BCUT2D eigenvalue weighted by atomic mass is 10.0. The van der Waals surface area contributed by atoms with Gasteiger partial charge in [-0.25, -0.2) is 0 Å². The van der Waals surface area contributed by atoms with Crippen LogP contribution in [0.5, 0.6) is 0 Å². The normalized spacial score (nSPS) is 8.79. The molecule has 0 aliphatic carbocycles. The quantitative estimate of drug-likeness (QED) is 0.241. The van der Waals surface area contributed by atoms with Gasteiger partial charge in [-0.05, 0) is 35.4 Å². The molecular formula is C36H44N2. The average Bonchev–Trinajstić information content (AvgIpc) is 3.02. The summed E-state index contributed by atoms with van der Waals surface area (Å²) in [5.74, 6) is 0. The second kappa shape index (κ2) is 20.8. The molecule has 0 saturated carbocycles. The van der Waals surface area contributed by atoms with E-state index in [2.05, 4.69) is 86.5 Å². The van der Waals surface area contributed by atoms with Crippen LogP contribution >= 0.6 is 0 Å². The molecule has 5 aromatic rings. The summed E-state index contributed by atoms with van der Waals surface area (Å²) in [6.45, 7) is 4.00. The Bertz CT molecular complexity index is 933. The third-order valence-electron chi connectivity index (χ3n) is 5.10. The van der Waals surface area contributed by atoms with Crippen molar-refractivity contribution in [2.75, 3.05) is 38.0 Å². The molecule has 5 rings (SSSR count). The molecular weight excluding hydrogens is 460 g/mol. The Morgan fingerprint density at radius 1 is 0.289 bits per heavy atom. The van der Waals surface area contributed by atoms with Crippen molar-refractivity contribution in [2.45, 2.75) is 13.8 Å². The van der Waals surface area contributed by atoms with E-state index >= 15 is 0 Å². The zero-order chi connectivity index (χ0) is 27.8. The first-order chi connectivity index (χ1) is 18.6. The molecule has 2 nitrogen and oxygen atoms in total. The molecule has 0 radical (unpaired) electrons. The zero-order valence-corrected chi connectivity index (χ0v) is 23.9. The van der Waals surface area contributed by atoms with E-state index in [1.54, 1.807) is 0 Å². The second-order valence-corrected chi connectivity index (χ2v) is 8.35. The minimum absolute atomic E-state index is 1.23. The number of anilines is 2. The summed E-state index contributed by atoms with van der Waals surface area (Å²) in [6, 6.07) is 53.3. The number of hydrogen-bond donors (Lipinski definition) is 0. The molecule has 0 atom stereocenters. The molecule has 198 valence electrons. The van der Waals surface area contributed by atoms with E-state index in [1.165, 1.54) is 22.5 Å². The van der Waals surface area contributed by atoms with E-state index in [0.29, 0.717) is 0 Å². The molecule has 0 aliphatic rings. The Hall–Kier alpha value is -4.30. The monoisotopic (exact) mass is 504 g/mol. The Morgan fingerprint density at radius 2 is 0.447 bits per heavy atom. The van der Waals surface area contributed by atoms with Gasteiger partial charge in [0.25, 0.3) is 0 Å². The molecule has 0 heterocycles. The zero-order valence-electron chi connectivity index (χ0n) is 23.9. The fourth-order valence-corrected chi connectivity index (χ4v) is 3.06. The van der Waals surface area contributed by atoms with E-state index < -0.39 is 0 Å². The van der Waals surface area contributed by atoms with Crippen LogP contribution in [0.3, 0.4) is 0 Å². The fraction of sp³-hybridized carbons (Fsp3) is 0.167. The minimum Gasteiger partial charge on any atom is -0.378 e. The Balaban J connectivity index is 0.000000293. The first-order valence-corrected chi connectivity index (χ1v) is 13.1. The van der Waals surface area contributed by atoms with Gasteiger partial charge in [0.2, 0.25) is 0 Å². The van der Waals surface area contributed by atoms with Crippen molar-refractivity contribution < 1.29 is 0 Å². The topological polar surface area (TPSA) is 6.48 Å². The average molecular weight is 505 g/mol. The molecule has 0 aromatic heterocycles. The van der Waals surface area contributed by atoms with E-state index in [0.717, 1.165) is 0 Å². The first-order valence-electron chi connectivity index (χ1n) is 13.1. The Kier molecular flexibility index (Phi) is 17.4. The van der Waals surface area contributed by atoms with Crippen LogP contribution in [0.1, 0.15) is 13.8 Å². The van der Waals surface area contributed by atoms with Crippen LogP contribution in [0.25, 0.3) is 11.1 Å². The van der Waals surface area contributed by atoms with Gasteiger partial charge in [0.15, 0.2) is 0 Å². The van der Waals surface area contributed by atoms with Gasteiger partial charge >= 0.3 is 0 Å². The maximum Gasteiger partial charge on any atom is 0.0361 e. The van der Waals surface area contributed by atoms with Crippen molar-refractivity contribution >= 4 is 11.4 Å². The van der Waals surface area contributed by atoms with Crippen molar-refractivity contribution in [3.63, 3.8) is 0 Å².